The number of hydrogen-bond donors (Lipinski definition) is 1. The van der Waals surface area contributed by atoms with Crippen LogP contribution in [0.25, 0.3) is 5.69 Å². The van der Waals surface area contributed by atoms with Gasteiger partial charge in [-0.25, -0.2) is 0 Å². The van der Waals surface area contributed by atoms with Crippen molar-refractivity contribution in [3.8, 4) is 5.69 Å². The van der Waals surface area contributed by atoms with Crippen LogP contribution < -0.4 is 5.32 Å². The summed E-state index contributed by atoms with van der Waals surface area (Å²) in [4.78, 5) is 13.3. The molecule has 0 unspecified atom stereocenters. The Hall–Kier alpha value is -3.09. The second-order valence-corrected chi connectivity index (χ2v) is 8.16. The molecule has 4 aromatic rings. The Morgan fingerprint density at radius 3 is 2.43 bits per heavy atom. The maximum absolute atomic E-state index is 13.3. The summed E-state index contributed by atoms with van der Waals surface area (Å²) in [5, 5.41) is 12.0. The minimum atomic E-state index is -0.516. The normalized spacial score (nSPS) is 11.8. The van der Waals surface area contributed by atoms with E-state index in [9.17, 15) is 4.79 Å². The summed E-state index contributed by atoms with van der Waals surface area (Å²) in [5.41, 5.74) is 3.42. The molecule has 0 saturated carbocycles. The largest absolute Gasteiger partial charge is 0.325 e. The Labute approximate surface area is 184 Å². The number of nitrogens with one attached hydrogen (secondary N) is 1. The first-order valence-corrected chi connectivity index (χ1v) is 10.6. The number of carbonyl (C=O) groups is 1. The van der Waals surface area contributed by atoms with Crippen LogP contribution in [0.2, 0.25) is 5.02 Å². The van der Waals surface area contributed by atoms with Crippen molar-refractivity contribution < 1.29 is 4.79 Å². The number of nitrogens with zero attached hydrogens (tertiary/aromatic N) is 3. The van der Waals surface area contributed by atoms with Gasteiger partial charge in [-0.05, 0) is 42.3 Å². The summed E-state index contributed by atoms with van der Waals surface area (Å²) in [6.45, 7) is 1.92. The molecular formula is C23H19ClN4OS. The predicted molar refractivity (Wildman–Crippen MR) is 121 cm³/mol. The van der Waals surface area contributed by atoms with Crippen LogP contribution in [0.1, 0.15) is 16.4 Å². The number of hydrogen-bond acceptors (Lipinski definition) is 4. The van der Waals surface area contributed by atoms with E-state index in [1.807, 2.05) is 84.3 Å². The Morgan fingerprint density at radius 2 is 1.73 bits per heavy atom. The van der Waals surface area contributed by atoms with E-state index in [2.05, 4.69) is 15.5 Å². The van der Waals surface area contributed by atoms with E-state index in [1.54, 1.807) is 12.4 Å². The first kappa shape index (κ1) is 20.2. The maximum Gasteiger partial charge on any atom is 0.242 e. The summed E-state index contributed by atoms with van der Waals surface area (Å²) in [6, 6.07) is 24.9. The van der Waals surface area contributed by atoms with Gasteiger partial charge in [0.25, 0.3) is 0 Å². The third-order valence-electron chi connectivity index (χ3n) is 4.55. The zero-order valence-corrected chi connectivity index (χ0v) is 17.8. The lowest BCUT2D eigenvalue weighted by Gasteiger charge is -2.17. The van der Waals surface area contributed by atoms with Crippen LogP contribution in [-0.4, -0.2) is 20.7 Å². The number of carbonyl (C=O) groups excluding carboxylic acids is 1. The molecule has 0 aliphatic carbocycles. The molecule has 1 amide bonds. The Bertz CT molecular complexity index is 1150. The molecular weight excluding hydrogens is 416 g/mol. The average Bonchev–Trinajstić information content (AvgIpc) is 3.24. The Morgan fingerprint density at radius 1 is 1.03 bits per heavy atom. The van der Waals surface area contributed by atoms with Gasteiger partial charge in [-0.15, -0.1) is 10.2 Å². The van der Waals surface area contributed by atoms with E-state index in [-0.39, 0.29) is 5.91 Å². The molecule has 1 N–H and O–H groups in total. The number of benzene rings is 3. The molecule has 3 aromatic carbocycles. The molecule has 0 radical (unpaired) electrons. The molecule has 1 atom stereocenters. The second kappa shape index (κ2) is 9.15. The highest BCUT2D eigenvalue weighted by molar-refractivity contribution is 8.00. The lowest BCUT2D eigenvalue weighted by atomic mass is 10.1. The second-order valence-electron chi connectivity index (χ2n) is 6.68. The predicted octanol–water partition coefficient (Wildman–Crippen LogP) is 5.70. The number of amides is 1. The summed E-state index contributed by atoms with van der Waals surface area (Å²) in [6.07, 6.45) is 1.65. The molecule has 7 heteroatoms. The van der Waals surface area contributed by atoms with E-state index >= 15 is 0 Å². The molecule has 30 heavy (non-hydrogen) atoms. The highest BCUT2D eigenvalue weighted by Gasteiger charge is 2.25. The Kier molecular flexibility index (Phi) is 6.16. The van der Waals surface area contributed by atoms with Gasteiger partial charge >= 0.3 is 0 Å². The van der Waals surface area contributed by atoms with Crippen molar-refractivity contribution in [2.45, 2.75) is 17.3 Å². The highest BCUT2D eigenvalue weighted by atomic mass is 35.5. The first-order chi connectivity index (χ1) is 14.6. The fraction of sp³-hybridized carbons (Fsp3) is 0.0870. The minimum absolute atomic E-state index is 0.159. The third-order valence-corrected chi connectivity index (χ3v) is 6.17. The smallest absolute Gasteiger partial charge is 0.242 e. The topological polar surface area (TPSA) is 59.8 Å². The lowest BCUT2D eigenvalue weighted by Crippen LogP contribution is -2.19. The van der Waals surface area contributed by atoms with Gasteiger partial charge < -0.3 is 5.32 Å². The zero-order valence-electron chi connectivity index (χ0n) is 16.2. The maximum atomic E-state index is 13.3. The van der Waals surface area contributed by atoms with Gasteiger partial charge in [0.15, 0.2) is 5.16 Å². The van der Waals surface area contributed by atoms with Gasteiger partial charge in [-0.1, -0.05) is 78.0 Å². The van der Waals surface area contributed by atoms with Crippen LogP contribution >= 0.6 is 23.4 Å². The van der Waals surface area contributed by atoms with Crippen molar-refractivity contribution in [3.63, 3.8) is 0 Å². The van der Waals surface area contributed by atoms with Gasteiger partial charge in [0.05, 0.1) is 0 Å². The lowest BCUT2D eigenvalue weighted by molar-refractivity contribution is -0.115. The Balaban J connectivity index is 1.64. The van der Waals surface area contributed by atoms with E-state index in [1.165, 1.54) is 11.8 Å². The molecule has 150 valence electrons. The quantitative estimate of drug-likeness (QED) is 0.395. The van der Waals surface area contributed by atoms with E-state index < -0.39 is 5.25 Å². The van der Waals surface area contributed by atoms with E-state index in [4.69, 9.17) is 11.6 Å². The van der Waals surface area contributed by atoms with Crippen molar-refractivity contribution >= 4 is 35.0 Å². The third kappa shape index (κ3) is 4.56. The van der Waals surface area contributed by atoms with Crippen molar-refractivity contribution in [2.24, 2.45) is 0 Å². The van der Waals surface area contributed by atoms with Crippen LogP contribution in [0.15, 0.2) is 90.3 Å². The molecule has 0 aliphatic heterocycles. The average molecular weight is 435 g/mol. The molecule has 0 saturated heterocycles. The zero-order chi connectivity index (χ0) is 20.9. The molecule has 0 aliphatic rings. The van der Waals surface area contributed by atoms with Crippen molar-refractivity contribution in [2.75, 3.05) is 5.32 Å². The molecule has 0 bridgehead atoms. The van der Waals surface area contributed by atoms with Gasteiger partial charge in [0, 0.05) is 16.4 Å². The summed E-state index contributed by atoms with van der Waals surface area (Å²) >= 11 is 7.57. The van der Waals surface area contributed by atoms with Gasteiger partial charge in [0.1, 0.15) is 11.6 Å². The SMILES string of the molecule is Cc1ccc(NC(=O)[C@@H](Sc2nncn2-c2ccccc2)c2ccccc2)cc1Cl. The van der Waals surface area contributed by atoms with Crippen molar-refractivity contribution in [1.29, 1.82) is 0 Å². The summed E-state index contributed by atoms with van der Waals surface area (Å²) in [5.74, 6) is -0.159. The standard InChI is InChI=1S/C23H19ClN4OS/c1-16-12-13-18(14-20(16)24)26-22(29)21(17-8-4-2-5-9-17)30-23-27-25-15-28(23)19-10-6-3-7-11-19/h2-15,21H,1H3,(H,26,29)/t21-/m0/s1. The van der Waals surface area contributed by atoms with Gasteiger partial charge in [-0.3, -0.25) is 9.36 Å². The first-order valence-electron chi connectivity index (χ1n) is 9.36. The number of thioether (sulfide) groups is 1. The number of anilines is 1. The molecule has 5 nitrogen and oxygen atoms in total. The monoisotopic (exact) mass is 434 g/mol. The van der Waals surface area contributed by atoms with Crippen LogP contribution in [0.3, 0.4) is 0 Å². The number of halogens is 1. The fourth-order valence-corrected chi connectivity index (χ4v) is 4.17. The van der Waals surface area contributed by atoms with E-state index in [0.717, 1.165) is 16.8 Å². The van der Waals surface area contributed by atoms with Gasteiger partial charge in [0.2, 0.25) is 5.91 Å². The van der Waals surface area contributed by atoms with Gasteiger partial charge in [-0.2, -0.15) is 0 Å². The summed E-state index contributed by atoms with van der Waals surface area (Å²) < 4.78 is 1.87. The van der Waals surface area contributed by atoms with Crippen molar-refractivity contribution in [1.82, 2.24) is 14.8 Å². The van der Waals surface area contributed by atoms with Crippen LogP contribution in [0, 0.1) is 6.92 Å². The number of para-hydroxylation sites is 1. The molecule has 4 rings (SSSR count). The highest BCUT2D eigenvalue weighted by Crippen LogP contribution is 2.36. The molecule has 1 aromatic heterocycles. The van der Waals surface area contributed by atoms with Crippen LogP contribution in [0.5, 0.6) is 0 Å². The minimum Gasteiger partial charge on any atom is -0.325 e. The van der Waals surface area contributed by atoms with Crippen molar-refractivity contribution in [3.05, 3.63) is 101 Å². The molecule has 1 heterocycles. The number of aromatic nitrogens is 3. The molecule has 0 fully saturated rings. The summed E-state index contributed by atoms with van der Waals surface area (Å²) in [7, 11) is 0. The number of rotatable bonds is 6. The number of aryl methyl sites for hydroxylation is 1. The van der Waals surface area contributed by atoms with Crippen LogP contribution in [0.4, 0.5) is 5.69 Å². The van der Waals surface area contributed by atoms with Crippen LogP contribution in [-0.2, 0) is 4.79 Å². The van der Waals surface area contributed by atoms with E-state index in [0.29, 0.717) is 15.9 Å². The molecule has 0 spiro atoms. The fourth-order valence-electron chi connectivity index (χ4n) is 2.96.